The first-order valence-electron chi connectivity index (χ1n) is 16.6. The average Bonchev–Trinajstić information content (AvgIpc) is 3.71. The van der Waals surface area contributed by atoms with Gasteiger partial charge in [0.05, 0.1) is 29.8 Å². The van der Waals surface area contributed by atoms with E-state index in [2.05, 4.69) is 27.0 Å². The molecule has 2 aliphatic heterocycles. The maximum absolute atomic E-state index is 16.0. The zero-order chi connectivity index (χ0) is 32.1. The average molecular weight is 636 g/mol. The van der Waals surface area contributed by atoms with Crippen LogP contribution in [0.1, 0.15) is 29.6 Å². The smallest absolute Gasteiger partial charge is 0.253 e. The number of pyridine rings is 1. The molecule has 0 aliphatic carbocycles. The molecule has 0 spiro atoms. The number of halogens is 1. The number of ether oxygens (including phenoxy) is 1. The molecule has 0 saturated carbocycles. The second-order valence-electron chi connectivity index (χ2n) is 12.7. The number of carbonyl (C=O) groups excluding carboxylic acids is 1. The van der Waals surface area contributed by atoms with Gasteiger partial charge in [-0.15, -0.1) is 0 Å². The first-order chi connectivity index (χ1) is 23.0. The van der Waals surface area contributed by atoms with Gasteiger partial charge in [-0.3, -0.25) is 14.5 Å². The lowest BCUT2D eigenvalue weighted by atomic mass is 10.1. The fourth-order valence-electron chi connectivity index (χ4n) is 7.34. The third kappa shape index (κ3) is 5.30. The summed E-state index contributed by atoms with van der Waals surface area (Å²) in [5, 5.41) is 10.1. The first kappa shape index (κ1) is 29.9. The number of aromatic nitrogens is 1. The van der Waals surface area contributed by atoms with Crippen molar-refractivity contribution in [2.24, 2.45) is 0 Å². The number of rotatable bonds is 9. The highest BCUT2D eigenvalue weighted by molar-refractivity contribution is 6.15. The fraction of sp³-hybridized carbons (Fsp3) is 0.351. The van der Waals surface area contributed by atoms with E-state index >= 15 is 4.39 Å². The lowest BCUT2D eigenvalue weighted by molar-refractivity contribution is 0.0374. The van der Waals surface area contributed by atoms with E-state index in [0.717, 1.165) is 69.7 Å². The zero-order valence-corrected chi connectivity index (χ0v) is 26.4. The first-order valence-corrected chi connectivity index (χ1v) is 16.6. The Labute approximate surface area is 270 Å². The molecule has 4 heterocycles. The summed E-state index contributed by atoms with van der Waals surface area (Å²) in [6.07, 6.45) is 4.93. The van der Waals surface area contributed by atoms with Gasteiger partial charge in [0.15, 0.2) is 22.4 Å². The van der Waals surface area contributed by atoms with E-state index in [0.29, 0.717) is 62.2 Å². The van der Waals surface area contributed by atoms with Gasteiger partial charge in [0.25, 0.3) is 5.91 Å². The number of anilines is 1. The summed E-state index contributed by atoms with van der Waals surface area (Å²) in [6, 6.07) is 12.7. The molecular formula is C37H38FN5O4. The Morgan fingerprint density at radius 1 is 0.894 bits per heavy atom. The second kappa shape index (κ2) is 12.3. The summed E-state index contributed by atoms with van der Waals surface area (Å²) < 4.78 is 29.9. The maximum Gasteiger partial charge on any atom is 0.253 e. The standard InChI is InChI=1S/C37H38FN5O4/c1-23-26-19-30(38)33(39-10-14-41-11-4-5-12-41)36-34(26)43(22-29(23)37(45)40-9-6-13-42-15-17-46-18-16-42)31-20-27-24-7-2-3-8-25(24)35(44)28(27)21-32(31)47-36/h2-3,7-8,19-22,39H,1,4-6,9-18H2,(H,40,45). The third-order valence-electron chi connectivity index (χ3n) is 9.85. The van der Waals surface area contributed by atoms with Crippen molar-refractivity contribution in [2.45, 2.75) is 19.3 Å². The molecule has 0 atom stereocenters. The number of nitrogens with zero attached hydrogens (tertiary/aromatic N) is 3. The molecule has 2 N–H and O–H groups in total. The molecule has 0 unspecified atom stereocenters. The number of likely N-dealkylation sites (tertiary alicyclic amines) is 1. The lowest BCUT2D eigenvalue weighted by Gasteiger charge is -2.26. The molecule has 1 amide bonds. The van der Waals surface area contributed by atoms with E-state index < -0.39 is 5.82 Å². The van der Waals surface area contributed by atoms with Gasteiger partial charge < -0.3 is 29.1 Å². The van der Waals surface area contributed by atoms with E-state index in [1.54, 1.807) is 12.3 Å². The Balaban J connectivity index is 1.25. The van der Waals surface area contributed by atoms with Crippen LogP contribution in [0.4, 0.5) is 10.1 Å². The normalized spacial score (nSPS) is 16.4. The van der Waals surface area contributed by atoms with Gasteiger partial charge >= 0.3 is 0 Å². The number of fused-ring (bicyclic) bond motifs is 5. The summed E-state index contributed by atoms with van der Waals surface area (Å²) >= 11 is 0. The molecule has 2 aromatic heterocycles. The number of hydrogen-bond acceptors (Lipinski definition) is 7. The van der Waals surface area contributed by atoms with Gasteiger partial charge in [-0.1, -0.05) is 30.8 Å². The number of nitrogens with one attached hydrogen (secondary N) is 2. The van der Waals surface area contributed by atoms with Crippen molar-refractivity contribution in [1.82, 2.24) is 19.5 Å². The Hall–Kier alpha value is -4.51. The van der Waals surface area contributed by atoms with Crippen LogP contribution >= 0.6 is 0 Å². The summed E-state index contributed by atoms with van der Waals surface area (Å²) in [6.45, 7) is 12.3. The minimum absolute atomic E-state index is 0.0728. The molecular weight excluding hydrogens is 597 g/mol. The number of morpholine rings is 1. The molecule has 242 valence electrons. The van der Waals surface area contributed by atoms with Crippen LogP contribution in [0.15, 0.2) is 57.9 Å². The molecule has 2 aliphatic rings. The van der Waals surface area contributed by atoms with Crippen molar-refractivity contribution in [3.8, 4) is 0 Å². The molecule has 0 radical (unpaired) electrons. The van der Waals surface area contributed by atoms with Gasteiger partial charge in [0.1, 0.15) is 5.69 Å². The Kier molecular flexibility index (Phi) is 7.79. The highest BCUT2D eigenvalue weighted by Crippen LogP contribution is 2.36. The van der Waals surface area contributed by atoms with Gasteiger partial charge in [-0.25, -0.2) is 4.39 Å². The van der Waals surface area contributed by atoms with E-state index in [1.807, 2.05) is 34.7 Å². The topological polar surface area (TPSA) is 91.5 Å². The molecule has 9 nitrogen and oxygen atoms in total. The van der Waals surface area contributed by atoms with E-state index in [4.69, 9.17) is 9.15 Å². The molecule has 47 heavy (non-hydrogen) atoms. The predicted molar refractivity (Wildman–Crippen MR) is 185 cm³/mol. The molecule has 2 fully saturated rings. The van der Waals surface area contributed by atoms with E-state index in [1.165, 1.54) is 18.9 Å². The minimum atomic E-state index is -0.485. The van der Waals surface area contributed by atoms with Crippen molar-refractivity contribution in [2.75, 3.05) is 70.9 Å². The number of hydrogen-bond donors (Lipinski definition) is 2. The van der Waals surface area contributed by atoms with Crippen LogP contribution in [0.3, 0.4) is 0 Å². The summed E-state index contributed by atoms with van der Waals surface area (Å²) in [4.78, 5) is 31.8. The van der Waals surface area contributed by atoms with Crippen molar-refractivity contribution in [3.05, 3.63) is 75.5 Å². The van der Waals surface area contributed by atoms with Crippen LogP contribution in [0.2, 0.25) is 0 Å². The van der Waals surface area contributed by atoms with Crippen molar-refractivity contribution in [3.63, 3.8) is 0 Å². The van der Waals surface area contributed by atoms with Gasteiger partial charge in [0.2, 0.25) is 0 Å². The maximum atomic E-state index is 16.0. The monoisotopic (exact) mass is 635 g/mol. The molecule has 0 bridgehead atoms. The molecule has 6 aromatic rings. The van der Waals surface area contributed by atoms with Crippen LogP contribution in [0.25, 0.3) is 55.7 Å². The van der Waals surface area contributed by atoms with E-state index in [-0.39, 0.29) is 17.0 Å². The molecule has 10 heteroatoms. The van der Waals surface area contributed by atoms with Gasteiger partial charge in [-0.05, 0) is 73.1 Å². The minimum Gasteiger partial charge on any atom is -0.451 e. The van der Waals surface area contributed by atoms with Crippen molar-refractivity contribution in [1.29, 1.82) is 0 Å². The number of carbonyl (C=O) groups is 1. The second-order valence-corrected chi connectivity index (χ2v) is 12.7. The Morgan fingerprint density at radius 3 is 2.47 bits per heavy atom. The zero-order valence-electron chi connectivity index (χ0n) is 26.4. The Bertz CT molecular complexity index is 2270. The molecule has 2 saturated heterocycles. The Morgan fingerprint density at radius 2 is 1.66 bits per heavy atom. The van der Waals surface area contributed by atoms with Crippen LogP contribution in [-0.4, -0.2) is 85.7 Å². The summed E-state index contributed by atoms with van der Waals surface area (Å²) in [5.74, 6) is -0.756. The van der Waals surface area contributed by atoms with Gasteiger partial charge in [-0.2, -0.15) is 0 Å². The number of benzene rings is 3. The molecule has 4 aromatic carbocycles. The number of amides is 1. The highest BCUT2D eigenvalue weighted by Gasteiger charge is 2.23. The van der Waals surface area contributed by atoms with E-state index in [9.17, 15) is 9.59 Å². The van der Waals surface area contributed by atoms with Crippen molar-refractivity contribution < 1.29 is 18.3 Å². The highest BCUT2D eigenvalue weighted by atomic mass is 19.1. The summed E-state index contributed by atoms with van der Waals surface area (Å²) in [7, 11) is 0. The van der Waals surface area contributed by atoms with Crippen molar-refractivity contribution >= 4 is 67.3 Å². The molecule has 8 rings (SSSR count). The third-order valence-corrected chi connectivity index (χ3v) is 9.85. The quantitative estimate of drug-likeness (QED) is 0.135. The fourth-order valence-corrected chi connectivity index (χ4v) is 7.34. The van der Waals surface area contributed by atoms with Crippen LogP contribution < -0.4 is 21.3 Å². The largest absolute Gasteiger partial charge is 0.451 e. The predicted octanol–water partition coefficient (Wildman–Crippen LogP) is 4.73. The van der Waals surface area contributed by atoms with Crippen LogP contribution in [0.5, 0.6) is 0 Å². The lowest BCUT2D eigenvalue weighted by Crippen LogP contribution is -2.38. The van der Waals surface area contributed by atoms with Crippen LogP contribution in [0, 0.1) is 5.82 Å². The SMILES string of the molecule is C=c1c(C(=O)NCCCN2CCOCC2)cn2c3cc4c(cc3oc3c(NCCN5CCCC5)c(F)cc1c32)c(=O)c1ccccc14. The summed E-state index contributed by atoms with van der Waals surface area (Å²) in [5.41, 5.74) is 2.57. The van der Waals surface area contributed by atoms with Gasteiger partial charge in [0, 0.05) is 55.1 Å². The van der Waals surface area contributed by atoms with Crippen LogP contribution in [-0.2, 0) is 4.74 Å².